The van der Waals surface area contributed by atoms with E-state index >= 15 is 0 Å². The Labute approximate surface area is 152 Å². The molecule has 1 aromatic carbocycles. The van der Waals surface area contributed by atoms with Crippen LogP contribution in [0.4, 0.5) is 0 Å². The van der Waals surface area contributed by atoms with Gasteiger partial charge in [-0.3, -0.25) is 4.79 Å². The minimum atomic E-state index is -1.01. The molecule has 4 nitrogen and oxygen atoms in total. The molecule has 0 aromatic heterocycles. The van der Waals surface area contributed by atoms with Crippen LogP contribution in [0.2, 0.25) is 5.02 Å². The minimum absolute atomic E-state index is 0.160. The van der Waals surface area contributed by atoms with E-state index in [0.717, 1.165) is 11.1 Å². The van der Waals surface area contributed by atoms with Crippen molar-refractivity contribution in [2.24, 2.45) is 0 Å². The maximum atomic E-state index is 12.7. The highest BCUT2D eigenvalue weighted by atomic mass is 35.5. The topological polar surface area (TPSA) is 58.6 Å². The molecule has 0 aliphatic carbocycles. The van der Waals surface area contributed by atoms with Crippen molar-refractivity contribution in [3.8, 4) is 0 Å². The second-order valence-corrected chi connectivity index (χ2v) is 9.80. The van der Waals surface area contributed by atoms with Gasteiger partial charge in [-0.25, -0.2) is 0 Å². The molecule has 134 valence electrons. The number of halogens is 1. The van der Waals surface area contributed by atoms with Gasteiger partial charge in [-0.1, -0.05) is 17.7 Å². The van der Waals surface area contributed by atoms with Crippen molar-refractivity contribution in [1.29, 1.82) is 0 Å². The second kappa shape index (κ2) is 7.65. The molecular formula is C18H25ClO4S. The first-order valence-corrected chi connectivity index (χ1v) is 9.78. The average Bonchev–Trinajstić information content (AvgIpc) is 2.42. The zero-order chi connectivity index (χ0) is 18.0. The van der Waals surface area contributed by atoms with Crippen LogP contribution in [-0.2, 0) is 37.3 Å². The van der Waals surface area contributed by atoms with Crippen LogP contribution in [0.1, 0.15) is 38.8 Å². The number of esters is 1. The standard InChI is InChI=1S/C18H25ClO4S/c1-5-23-16(20)9-13-8-14(19)6-7-15(13)18(10-22-11-18)12-24(21)17(2,3)4/h6-8H,5,9-12H2,1-4H3. The van der Waals surface area contributed by atoms with Gasteiger partial charge >= 0.3 is 5.97 Å². The predicted molar refractivity (Wildman–Crippen MR) is 97.0 cm³/mol. The van der Waals surface area contributed by atoms with Gasteiger partial charge in [0.2, 0.25) is 0 Å². The fraction of sp³-hybridized carbons (Fsp3) is 0.611. The number of ether oxygens (including phenoxy) is 2. The van der Waals surface area contributed by atoms with Crippen molar-refractivity contribution < 1.29 is 18.8 Å². The van der Waals surface area contributed by atoms with Crippen LogP contribution < -0.4 is 0 Å². The molecule has 1 saturated heterocycles. The van der Waals surface area contributed by atoms with Crippen LogP contribution in [0.25, 0.3) is 0 Å². The zero-order valence-corrected chi connectivity index (χ0v) is 16.3. The Morgan fingerprint density at radius 2 is 2.08 bits per heavy atom. The van der Waals surface area contributed by atoms with Gasteiger partial charge in [0.25, 0.3) is 0 Å². The third-order valence-corrected chi connectivity index (χ3v) is 6.54. The van der Waals surface area contributed by atoms with Gasteiger partial charge in [0.1, 0.15) is 10.5 Å². The molecule has 1 atom stereocenters. The summed E-state index contributed by atoms with van der Waals surface area (Å²) in [5.74, 6) is 0.224. The summed E-state index contributed by atoms with van der Waals surface area (Å²) in [6, 6.07) is 5.54. The Morgan fingerprint density at radius 3 is 2.58 bits per heavy atom. The van der Waals surface area contributed by atoms with Crippen LogP contribution >= 0.6 is 11.6 Å². The molecule has 0 spiro atoms. The largest absolute Gasteiger partial charge is 0.616 e. The molecule has 1 aliphatic heterocycles. The third-order valence-electron chi connectivity index (χ3n) is 4.13. The van der Waals surface area contributed by atoms with Gasteiger partial charge in [0, 0.05) is 5.02 Å². The molecule has 1 aromatic rings. The number of hydrogen-bond acceptors (Lipinski definition) is 4. The van der Waals surface area contributed by atoms with E-state index in [1.165, 1.54) is 0 Å². The lowest BCUT2D eigenvalue weighted by molar-refractivity contribution is -0.142. The van der Waals surface area contributed by atoms with E-state index in [9.17, 15) is 9.35 Å². The van der Waals surface area contributed by atoms with Crippen LogP contribution in [0.15, 0.2) is 18.2 Å². The maximum Gasteiger partial charge on any atom is 0.310 e. The van der Waals surface area contributed by atoms with Gasteiger partial charge in [-0.2, -0.15) is 0 Å². The SMILES string of the molecule is CCOC(=O)Cc1cc(Cl)ccc1C1(C[S+]([O-])C(C)(C)C)COC1. The summed E-state index contributed by atoms with van der Waals surface area (Å²) in [4.78, 5) is 11.9. The first kappa shape index (κ1) is 19.6. The van der Waals surface area contributed by atoms with E-state index in [1.807, 2.05) is 32.9 Å². The van der Waals surface area contributed by atoms with Crippen LogP contribution in [0.5, 0.6) is 0 Å². The monoisotopic (exact) mass is 372 g/mol. The predicted octanol–water partition coefficient (Wildman–Crippen LogP) is 3.26. The fourth-order valence-electron chi connectivity index (χ4n) is 2.73. The first-order valence-electron chi connectivity index (χ1n) is 8.09. The lowest BCUT2D eigenvalue weighted by Crippen LogP contribution is -2.54. The number of carbonyl (C=O) groups is 1. The Balaban J connectivity index is 2.32. The molecular weight excluding hydrogens is 348 g/mol. The van der Waals surface area contributed by atoms with Gasteiger partial charge in [0.05, 0.1) is 31.7 Å². The molecule has 1 aliphatic rings. The molecule has 1 fully saturated rings. The van der Waals surface area contributed by atoms with Crippen LogP contribution in [0, 0.1) is 0 Å². The Hall–Kier alpha value is -0.750. The van der Waals surface area contributed by atoms with Gasteiger partial charge < -0.3 is 14.0 Å². The molecule has 2 rings (SSSR count). The quantitative estimate of drug-likeness (QED) is 0.568. The summed E-state index contributed by atoms with van der Waals surface area (Å²) in [6.07, 6.45) is 0.160. The summed E-state index contributed by atoms with van der Waals surface area (Å²) in [7, 11) is 0. The number of rotatable bonds is 6. The number of hydrogen-bond donors (Lipinski definition) is 0. The molecule has 0 amide bonds. The van der Waals surface area contributed by atoms with E-state index in [1.54, 1.807) is 13.0 Å². The number of carbonyl (C=O) groups excluding carboxylic acids is 1. The second-order valence-electron chi connectivity index (χ2n) is 7.16. The summed E-state index contributed by atoms with van der Waals surface area (Å²) >= 11 is 5.11. The van der Waals surface area contributed by atoms with Crippen LogP contribution in [-0.4, -0.2) is 40.8 Å². The van der Waals surface area contributed by atoms with Crippen molar-refractivity contribution in [3.63, 3.8) is 0 Å². The van der Waals surface area contributed by atoms with Crippen molar-refractivity contribution in [2.45, 2.75) is 44.3 Å². The molecule has 6 heteroatoms. The fourth-order valence-corrected chi connectivity index (χ4v) is 4.18. The molecule has 1 unspecified atom stereocenters. The zero-order valence-electron chi connectivity index (χ0n) is 14.7. The number of benzene rings is 1. The van der Waals surface area contributed by atoms with Crippen molar-refractivity contribution >= 4 is 28.7 Å². The Bertz CT molecular complexity index is 593. The highest BCUT2D eigenvalue weighted by Crippen LogP contribution is 2.39. The minimum Gasteiger partial charge on any atom is -0.616 e. The van der Waals surface area contributed by atoms with E-state index in [0.29, 0.717) is 30.6 Å². The van der Waals surface area contributed by atoms with Crippen molar-refractivity contribution in [2.75, 3.05) is 25.6 Å². The lowest BCUT2D eigenvalue weighted by atomic mass is 9.77. The Morgan fingerprint density at radius 1 is 1.42 bits per heavy atom. The lowest BCUT2D eigenvalue weighted by Gasteiger charge is -2.44. The van der Waals surface area contributed by atoms with Gasteiger partial charge in [-0.05, 0) is 62.1 Å². The average molecular weight is 373 g/mol. The Kier molecular flexibility index (Phi) is 6.24. The molecule has 0 N–H and O–H groups in total. The van der Waals surface area contributed by atoms with Crippen molar-refractivity contribution in [1.82, 2.24) is 0 Å². The summed E-state index contributed by atoms with van der Waals surface area (Å²) < 4.78 is 22.9. The highest BCUT2D eigenvalue weighted by Gasteiger charge is 2.47. The molecule has 1 heterocycles. The summed E-state index contributed by atoms with van der Waals surface area (Å²) in [6.45, 7) is 9.05. The molecule has 0 saturated carbocycles. The van der Waals surface area contributed by atoms with Crippen LogP contribution in [0.3, 0.4) is 0 Å². The molecule has 0 radical (unpaired) electrons. The van der Waals surface area contributed by atoms with Gasteiger partial charge in [-0.15, -0.1) is 0 Å². The smallest absolute Gasteiger partial charge is 0.310 e. The summed E-state index contributed by atoms with van der Waals surface area (Å²) in [5.41, 5.74) is 1.49. The first-order chi connectivity index (χ1) is 11.2. The summed E-state index contributed by atoms with van der Waals surface area (Å²) in [5, 5.41) is 0.574. The van der Waals surface area contributed by atoms with E-state index in [4.69, 9.17) is 21.1 Å². The molecule has 24 heavy (non-hydrogen) atoms. The van der Waals surface area contributed by atoms with E-state index < -0.39 is 11.2 Å². The van der Waals surface area contributed by atoms with E-state index in [2.05, 4.69) is 0 Å². The third kappa shape index (κ3) is 4.45. The normalized spacial score (nSPS) is 17.9. The molecule has 0 bridgehead atoms. The van der Waals surface area contributed by atoms with Crippen molar-refractivity contribution in [3.05, 3.63) is 34.3 Å². The highest BCUT2D eigenvalue weighted by molar-refractivity contribution is 7.92. The maximum absolute atomic E-state index is 12.7. The van der Waals surface area contributed by atoms with Gasteiger partial charge in [0.15, 0.2) is 0 Å². The van der Waals surface area contributed by atoms with E-state index in [-0.39, 0.29) is 22.6 Å².